The van der Waals surface area contributed by atoms with Crippen LogP contribution in [0.3, 0.4) is 0 Å². The van der Waals surface area contributed by atoms with Crippen molar-refractivity contribution in [3.8, 4) is 5.69 Å². The molecule has 4 aromatic heterocycles. The quantitative estimate of drug-likeness (QED) is 0.112. The highest BCUT2D eigenvalue weighted by Gasteiger charge is 2.51. The lowest BCUT2D eigenvalue weighted by Gasteiger charge is -2.41. The van der Waals surface area contributed by atoms with Gasteiger partial charge in [0.1, 0.15) is 28.6 Å². The van der Waals surface area contributed by atoms with Crippen LogP contribution in [0.1, 0.15) is 146 Å². The van der Waals surface area contributed by atoms with Crippen molar-refractivity contribution in [3.63, 3.8) is 0 Å². The molecule has 0 saturated heterocycles. The maximum atomic E-state index is 6.36. The summed E-state index contributed by atoms with van der Waals surface area (Å²) in [5.74, 6) is 1.98. The van der Waals surface area contributed by atoms with Crippen LogP contribution in [0.5, 0.6) is 0 Å². The van der Waals surface area contributed by atoms with Crippen molar-refractivity contribution in [3.05, 3.63) is 269 Å². The van der Waals surface area contributed by atoms with E-state index in [-0.39, 0.29) is 35.1 Å². The maximum absolute atomic E-state index is 6.36. The van der Waals surface area contributed by atoms with Crippen LogP contribution in [0.2, 0.25) is 0 Å². The summed E-state index contributed by atoms with van der Waals surface area (Å²) < 4.78 is 23.1. The minimum absolute atomic E-state index is 0.0868. The zero-order valence-corrected chi connectivity index (χ0v) is 63.3. The number of oxazole rings is 1. The predicted molar refractivity (Wildman–Crippen MR) is 419 cm³/mol. The number of hydrogen-bond acceptors (Lipinski definition) is 9. The van der Waals surface area contributed by atoms with E-state index in [4.69, 9.17) is 8.83 Å². The minimum atomic E-state index is -0.296. The van der Waals surface area contributed by atoms with Gasteiger partial charge < -0.3 is 23.5 Å². The average Bonchev–Trinajstić information content (AvgIpc) is 1.60. The lowest BCUT2D eigenvalue weighted by molar-refractivity contribution is -0.657. The summed E-state index contributed by atoms with van der Waals surface area (Å²) in [6, 6.07) is 72.1. The molecule has 9 aromatic carbocycles. The lowest BCUT2D eigenvalue weighted by atomic mass is 9.85. The predicted octanol–water partition coefficient (Wildman–Crippen LogP) is 20.7. The zero-order chi connectivity index (χ0) is 71.3. The first kappa shape index (κ1) is 68.0. The maximum Gasteiger partial charge on any atom is 0.464 e. The fourth-order valence-electron chi connectivity index (χ4n) is 17.2. The third-order valence-electron chi connectivity index (χ3n) is 21.9. The lowest BCUT2D eigenvalue weighted by Crippen LogP contribution is -2.51. The third kappa shape index (κ3) is 11.3. The highest BCUT2D eigenvalue weighted by molar-refractivity contribution is 7.21. The van der Waals surface area contributed by atoms with Gasteiger partial charge >= 0.3 is 17.1 Å². The molecule has 13 aromatic rings. The molecule has 0 unspecified atom stereocenters. The van der Waals surface area contributed by atoms with Gasteiger partial charge in [0, 0.05) is 17.0 Å². The molecule has 3 aliphatic rings. The first-order valence-corrected chi connectivity index (χ1v) is 36.7. The van der Waals surface area contributed by atoms with Crippen molar-refractivity contribution < 1.29 is 22.5 Å². The normalized spacial score (nSPS) is 16.2. The van der Waals surface area contributed by atoms with E-state index in [1.165, 1.54) is 99.1 Å². The molecule has 0 spiro atoms. The molecule has 0 fully saturated rings. The van der Waals surface area contributed by atoms with Gasteiger partial charge in [-0.25, -0.2) is 18.6 Å². The van der Waals surface area contributed by atoms with Crippen molar-refractivity contribution in [1.82, 2.24) is 9.47 Å². The molecule has 3 atom stereocenters. The Morgan fingerprint density at radius 3 is 1.55 bits per heavy atom. The Balaban J connectivity index is 0.000000131. The first-order valence-electron chi connectivity index (χ1n) is 35.9. The number of fused-ring (bicyclic) bond motifs is 7. The number of para-hydroxylation sites is 9. The number of aryl methyl sites for hydroxylation is 6. The molecule has 101 heavy (non-hydrogen) atoms. The van der Waals surface area contributed by atoms with E-state index in [1.54, 1.807) is 0 Å². The molecule has 0 saturated carbocycles. The smallest absolute Gasteiger partial charge is 0.456 e. The number of anilines is 7. The largest absolute Gasteiger partial charge is 0.464 e. The summed E-state index contributed by atoms with van der Waals surface area (Å²) in [6.07, 6.45) is 9.27. The van der Waals surface area contributed by atoms with Gasteiger partial charge in [-0.15, -0.1) is 0 Å². The monoisotopic (exact) mass is 1360 g/mol. The SMILES string of the molecule is Cc1ccc2oc3ccccc3c2c1C(C)(C)N1C=CN(c2n(-c3c(C(C)C)cccc3C(C)C)cc[n+]2C)[C@H]1C.Cc1ccccc1C(C)(C)N1c2ccccc2N(c2oc3ccccc3[n+]2C)[C@H]1C.Cc1ccccc1C(C)(C)N1c2ccccc2N(c2sc3ccccc3[n+]2C)[C@H]1C. The van der Waals surface area contributed by atoms with Gasteiger partial charge in [-0.1, -0.05) is 167 Å². The number of imidazole rings is 1. The van der Waals surface area contributed by atoms with E-state index in [0.29, 0.717) is 11.8 Å². The van der Waals surface area contributed by atoms with Crippen molar-refractivity contribution in [1.29, 1.82) is 0 Å². The summed E-state index contributed by atoms with van der Waals surface area (Å²) in [4.78, 5) is 14.8. The number of aromatic nitrogens is 4. The molecule has 16 rings (SSSR count). The fourth-order valence-corrected chi connectivity index (χ4v) is 18.5. The van der Waals surface area contributed by atoms with E-state index < -0.39 is 0 Å². The number of nitrogens with zero attached hydrogens (tertiary/aromatic N) is 10. The fraction of sp³-hybridized carbons (Fsp3) is 0.307. The molecule has 12 nitrogen and oxygen atoms in total. The summed E-state index contributed by atoms with van der Waals surface area (Å²) in [5.41, 5.74) is 21.4. The van der Waals surface area contributed by atoms with Crippen LogP contribution < -0.4 is 38.2 Å². The van der Waals surface area contributed by atoms with Gasteiger partial charge in [-0.3, -0.25) is 0 Å². The molecule has 0 aliphatic carbocycles. The average molecular weight is 1360 g/mol. The number of benzene rings is 9. The van der Waals surface area contributed by atoms with Gasteiger partial charge in [0.25, 0.3) is 0 Å². The molecule has 3 aliphatic heterocycles. The number of thiazole rings is 1. The minimum Gasteiger partial charge on any atom is -0.456 e. The molecular formula is C88H99N10O2S+3. The van der Waals surface area contributed by atoms with Crippen molar-refractivity contribution in [2.24, 2.45) is 21.1 Å². The second kappa shape index (κ2) is 26.1. The van der Waals surface area contributed by atoms with Gasteiger partial charge in [-0.05, 0) is 211 Å². The molecule has 13 heteroatoms. The summed E-state index contributed by atoms with van der Waals surface area (Å²) in [5, 5.41) is 3.65. The molecule has 0 radical (unpaired) electrons. The second-order valence-electron chi connectivity index (χ2n) is 30.0. The summed E-state index contributed by atoms with van der Waals surface area (Å²) >= 11 is 1.86. The number of rotatable bonds is 12. The van der Waals surface area contributed by atoms with Crippen LogP contribution in [0.25, 0.3) is 48.9 Å². The van der Waals surface area contributed by atoms with Crippen LogP contribution in [0.15, 0.2) is 234 Å². The van der Waals surface area contributed by atoms with Crippen LogP contribution in [-0.4, -0.2) is 28.0 Å². The van der Waals surface area contributed by atoms with Gasteiger partial charge in [0.05, 0.1) is 66.2 Å². The van der Waals surface area contributed by atoms with Crippen LogP contribution in [0.4, 0.5) is 39.8 Å². The Morgan fingerprint density at radius 1 is 0.455 bits per heavy atom. The molecule has 0 bridgehead atoms. The molecule has 0 N–H and O–H groups in total. The number of hydrogen-bond donors (Lipinski definition) is 0. The van der Waals surface area contributed by atoms with Gasteiger partial charge in [0.2, 0.25) is 0 Å². The second-order valence-corrected chi connectivity index (χ2v) is 31.0. The zero-order valence-electron chi connectivity index (χ0n) is 62.4. The third-order valence-corrected chi connectivity index (χ3v) is 23.2. The van der Waals surface area contributed by atoms with Gasteiger partial charge in [0.15, 0.2) is 41.0 Å². The van der Waals surface area contributed by atoms with E-state index in [1.807, 2.05) is 29.5 Å². The van der Waals surface area contributed by atoms with Crippen LogP contribution in [0, 0.1) is 20.8 Å². The highest BCUT2D eigenvalue weighted by atomic mass is 32.1. The van der Waals surface area contributed by atoms with Crippen molar-refractivity contribution in [2.45, 2.75) is 158 Å². The van der Waals surface area contributed by atoms with Crippen molar-refractivity contribution in [2.75, 3.05) is 24.5 Å². The van der Waals surface area contributed by atoms with E-state index in [9.17, 15) is 0 Å². The Morgan fingerprint density at radius 2 is 0.970 bits per heavy atom. The topological polar surface area (TPSA) is 62.3 Å². The molecule has 0 amide bonds. The van der Waals surface area contributed by atoms with Crippen molar-refractivity contribution >= 4 is 94.4 Å². The highest BCUT2D eigenvalue weighted by Crippen LogP contribution is 2.53. The Hall–Kier alpha value is -10.1. The van der Waals surface area contributed by atoms with E-state index in [2.05, 4.69) is 386 Å². The molecular weight excluding hydrogens is 1260 g/mol. The number of furan rings is 1. The van der Waals surface area contributed by atoms with Gasteiger partial charge in [-0.2, -0.15) is 14.4 Å². The molecule has 7 heterocycles. The Labute approximate surface area is 601 Å². The van der Waals surface area contributed by atoms with Crippen LogP contribution >= 0.6 is 11.3 Å². The van der Waals surface area contributed by atoms with E-state index >= 15 is 0 Å². The van der Waals surface area contributed by atoms with E-state index in [0.717, 1.165) is 34.2 Å². The Bertz CT molecular complexity index is 5070. The standard InChI is InChI=1S/C36H43N4O.C26H28N3O.C26H28N3S/c1-23(2)27-14-12-15-28(24(3)4)34(27)39-20-19-37(9)35(39)38-21-22-40(26(38)6)36(7,8)33-25(5)17-18-31-32(33)29-13-10-11-16-30(29)41-31;2*1-18-12-6-7-13-20(18)26(3,4)29-19(2)28(21-14-8-9-15-22(21)29)25-27(5)23-16-10-11-17-24(23)30-25/h10-24,26H,1-9H3;2*6-17,19H,1-5H3/q3*+1/t26-;2*19-/m111/s1. The molecule has 516 valence electrons. The Kier molecular flexibility index (Phi) is 17.6. The first-order chi connectivity index (χ1) is 48.3. The summed E-state index contributed by atoms with van der Waals surface area (Å²) in [6.45, 7) is 36.7. The van der Waals surface area contributed by atoms with Crippen LogP contribution in [-0.2, 0) is 37.8 Å². The summed E-state index contributed by atoms with van der Waals surface area (Å²) in [7, 11) is 6.40.